The van der Waals surface area contributed by atoms with Crippen LogP contribution in [0.5, 0.6) is 0 Å². The van der Waals surface area contributed by atoms with E-state index >= 15 is 0 Å². The molecule has 1 aliphatic heterocycles. The summed E-state index contributed by atoms with van der Waals surface area (Å²) in [5.74, 6) is 0. The molecule has 96 valence electrons. The molecule has 4 heteroatoms. The number of halogens is 2. The highest BCUT2D eigenvalue weighted by Gasteiger charge is 2.26. The fraction of sp³-hybridized carbons (Fsp3) is 0.429. The average molecular weight is 284 g/mol. The highest BCUT2D eigenvalue weighted by Crippen LogP contribution is 2.40. The van der Waals surface area contributed by atoms with Gasteiger partial charge in [-0.25, -0.2) is 0 Å². The number of rotatable bonds is 2. The van der Waals surface area contributed by atoms with Crippen molar-refractivity contribution in [1.29, 1.82) is 0 Å². The standard InChI is InChI=1S/C14H15Cl2NO/c1-2-3-11-13-8(6-7-18-11)12-9(15)4-5-10(16)14(12)17-13/h4-5,11,17H,2-3,6-7H2,1H3/t11-/m0/s1. The highest BCUT2D eigenvalue weighted by molar-refractivity contribution is 6.40. The van der Waals surface area contributed by atoms with Crippen LogP contribution in [-0.2, 0) is 11.2 Å². The van der Waals surface area contributed by atoms with Crippen molar-refractivity contribution >= 4 is 34.1 Å². The molecule has 1 aromatic carbocycles. The van der Waals surface area contributed by atoms with Crippen LogP contribution in [0.25, 0.3) is 10.9 Å². The lowest BCUT2D eigenvalue weighted by molar-refractivity contribution is 0.0339. The van der Waals surface area contributed by atoms with Gasteiger partial charge in [0.15, 0.2) is 0 Å². The molecule has 2 nitrogen and oxygen atoms in total. The second-order valence-corrected chi connectivity index (χ2v) is 5.51. The summed E-state index contributed by atoms with van der Waals surface area (Å²) in [6.07, 6.45) is 3.17. The molecule has 0 spiro atoms. The predicted molar refractivity (Wildman–Crippen MR) is 75.6 cm³/mol. The molecule has 0 bridgehead atoms. The third-order valence-corrected chi connectivity index (χ3v) is 4.16. The molecular weight excluding hydrogens is 269 g/mol. The van der Waals surface area contributed by atoms with Crippen LogP contribution in [-0.4, -0.2) is 11.6 Å². The number of hydrogen-bond donors (Lipinski definition) is 1. The quantitative estimate of drug-likeness (QED) is 0.834. The van der Waals surface area contributed by atoms with Crippen LogP contribution >= 0.6 is 23.2 Å². The van der Waals surface area contributed by atoms with Gasteiger partial charge in [0.1, 0.15) is 0 Å². The molecule has 0 fully saturated rings. The predicted octanol–water partition coefficient (Wildman–Crippen LogP) is 4.89. The van der Waals surface area contributed by atoms with E-state index in [1.807, 2.05) is 12.1 Å². The molecule has 1 atom stereocenters. The minimum Gasteiger partial charge on any atom is -0.372 e. The van der Waals surface area contributed by atoms with Crippen LogP contribution in [0.4, 0.5) is 0 Å². The topological polar surface area (TPSA) is 25.0 Å². The Hall–Kier alpha value is -0.700. The number of ether oxygens (including phenoxy) is 1. The lowest BCUT2D eigenvalue weighted by Gasteiger charge is -2.23. The first kappa shape index (κ1) is 12.3. The number of hydrogen-bond acceptors (Lipinski definition) is 1. The largest absolute Gasteiger partial charge is 0.372 e. The normalized spacial score (nSPS) is 19.2. The third kappa shape index (κ3) is 1.83. The van der Waals surface area contributed by atoms with Gasteiger partial charge in [-0.15, -0.1) is 0 Å². The summed E-state index contributed by atoms with van der Waals surface area (Å²) >= 11 is 12.6. The van der Waals surface area contributed by atoms with Gasteiger partial charge < -0.3 is 9.72 Å². The summed E-state index contributed by atoms with van der Waals surface area (Å²) in [5.41, 5.74) is 3.39. The fourth-order valence-electron chi connectivity index (χ4n) is 2.72. The average Bonchev–Trinajstić information content (AvgIpc) is 2.76. The molecule has 0 radical (unpaired) electrons. The van der Waals surface area contributed by atoms with E-state index in [0.29, 0.717) is 0 Å². The lowest BCUT2D eigenvalue weighted by Crippen LogP contribution is -2.15. The number of aromatic amines is 1. The van der Waals surface area contributed by atoms with Crippen LogP contribution in [0.3, 0.4) is 0 Å². The maximum absolute atomic E-state index is 6.31. The molecule has 1 N–H and O–H groups in total. The third-order valence-electron chi connectivity index (χ3n) is 3.53. The maximum Gasteiger partial charge on any atom is 0.0975 e. The SMILES string of the molecule is CCC[C@@H]1OCCc2c1[nH]c1c(Cl)ccc(Cl)c21. The van der Waals surface area contributed by atoms with Crippen molar-refractivity contribution in [2.24, 2.45) is 0 Å². The van der Waals surface area contributed by atoms with Gasteiger partial charge in [0.25, 0.3) is 0 Å². The molecule has 0 unspecified atom stereocenters. The minimum atomic E-state index is 0.151. The Bertz CT molecular complexity index is 591. The van der Waals surface area contributed by atoms with E-state index in [2.05, 4.69) is 11.9 Å². The van der Waals surface area contributed by atoms with Gasteiger partial charge in [0, 0.05) is 11.1 Å². The van der Waals surface area contributed by atoms with Crippen LogP contribution in [0.15, 0.2) is 12.1 Å². The van der Waals surface area contributed by atoms with E-state index in [0.717, 1.165) is 52.5 Å². The van der Waals surface area contributed by atoms with Crippen molar-refractivity contribution < 1.29 is 4.74 Å². The van der Waals surface area contributed by atoms with E-state index < -0.39 is 0 Å². The van der Waals surface area contributed by atoms with Crippen molar-refractivity contribution in [2.45, 2.75) is 32.3 Å². The molecule has 3 rings (SSSR count). The molecule has 0 saturated carbocycles. The second kappa shape index (κ2) is 4.76. The molecule has 0 saturated heterocycles. The van der Waals surface area contributed by atoms with Gasteiger partial charge in [-0.3, -0.25) is 0 Å². The summed E-state index contributed by atoms with van der Waals surface area (Å²) in [5, 5.41) is 2.56. The summed E-state index contributed by atoms with van der Waals surface area (Å²) in [6.45, 7) is 2.92. The molecular formula is C14H15Cl2NO. The van der Waals surface area contributed by atoms with Crippen LogP contribution < -0.4 is 0 Å². The molecule has 0 aliphatic carbocycles. The zero-order valence-electron chi connectivity index (χ0n) is 10.2. The maximum atomic E-state index is 6.31. The van der Waals surface area contributed by atoms with E-state index in [9.17, 15) is 0 Å². The molecule has 2 aromatic rings. The number of benzene rings is 1. The summed E-state index contributed by atoms with van der Waals surface area (Å²) in [7, 11) is 0. The molecule has 1 aromatic heterocycles. The molecule has 2 heterocycles. The zero-order valence-corrected chi connectivity index (χ0v) is 11.7. The summed E-state index contributed by atoms with van der Waals surface area (Å²) < 4.78 is 5.84. The monoisotopic (exact) mass is 283 g/mol. The van der Waals surface area contributed by atoms with Crippen molar-refractivity contribution in [3.8, 4) is 0 Å². The van der Waals surface area contributed by atoms with E-state index in [1.165, 1.54) is 5.56 Å². The van der Waals surface area contributed by atoms with Crippen molar-refractivity contribution in [3.63, 3.8) is 0 Å². The first-order valence-corrected chi connectivity index (χ1v) is 7.08. The van der Waals surface area contributed by atoms with Gasteiger partial charge in [-0.1, -0.05) is 36.5 Å². The van der Waals surface area contributed by atoms with Crippen molar-refractivity contribution in [3.05, 3.63) is 33.4 Å². The Kier molecular flexibility index (Phi) is 3.27. The highest BCUT2D eigenvalue weighted by atomic mass is 35.5. The Balaban J connectivity index is 2.24. The van der Waals surface area contributed by atoms with Crippen molar-refractivity contribution in [1.82, 2.24) is 4.98 Å². The van der Waals surface area contributed by atoms with Gasteiger partial charge in [-0.2, -0.15) is 0 Å². The number of nitrogens with one attached hydrogen (secondary N) is 1. The van der Waals surface area contributed by atoms with E-state index in [-0.39, 0.29) is 6.10 Å². The van der Waals surface area contributed by atoms with Gasteiger partial charge in [0.05, 0.1) is 28.3 Å². The zero-order chi connectivity index (χ0) is 12.7. The van der Waals surface area contributed by atoms with Gasteiger partial charge in [0.2, 0.25) is 0 Å². The molecule has 18 heavy (non-hydrogen) atoms. The second-order valence-electron chi connectivity index (χ2n) is 4.69. The number of aromatic nitrogens is 1. The van der Waals surface area contributed by atoms with Crippen LogP contribution in [0, 0.1) is 0 Å². The Morgan fingerprint density at radius 2 is 2.11 bits per heavy atom. The summed E-state index contributed by atoms with van der Waals surface area (Å²) in [4.78, 5) is 3.42. The van der Waals surface area contributed by atoms with Crippen molar-refractivity contribution in [2.75, 3.05) is 6.61 Å². The van der Waals surface area contributed by atoms with E-state index in [1.54, 1.807) is 0 Å². The Labute approximate surface area is 116 Å². The number of H-pyrrole nitrogens is 1. The van der Waals surface area contributed by atoms with Crippen LogP contribution in [0.1, 0.15) is 37.1 Å². The Morgan fingerprint density at radius 1 is 1.33 bits per heavy atom. The van der Waals surface area contributed by atoms with E-state index in [4.69, 9.17) is 27.9 Å². The first-order chi connectivity index (χ1) is 8.72. The van der Waals surface area contributed by atoms with Gasteiger partial charge in [-0.05, 0) is 30.5 Å². The Morgan fingerprint density at radius 3 is 2.89 bits per heavy atom. The summed E-state index contributed by atoms with van der Waals surface area (Å²) in [6, 6.07) is 3.70. The fourth-order valence-corrected chi connectivity index (χ4v) is 3.20. The van der Waals surface area contributed by atoms with Gasteiger partial charge >= 0.3 is 0 Å². The smallest absolute Gasteiger partial charge is 0.0975 e. The van der Waals surface area contributed by atoms with Crippen LogP contribution in [0.2, 0.25) is 10.0 Å². The minimum absolute atomic E-state index is 0.151. The lowest BCUT2D eigenvalue weighted by atomic mass is 10.00. The molecule has 1 aliphatic rings. The molecule has 0 amide bonds. The first-order valence-electron chi connectivity index (χ1n) is 6.32. The number of fused-ring (bicyclic) bond motifs is 3.